The molecule has 0 heterocycles. The Morgan fingerprint density at radius 1 is 1.24 bits per heavy atom. The SMILES string of the molecule is CC1CCC(Oc2c(N)cccc2F)CC1C. The van der Waals surface area contributed by atoms with Gasteiger partial charge >= 0.3 is 0 Å². The first-order chi connectivity index (χ1) is 8.08. The van der Waals surface area contributed by atoms with E-state index in [9.17, 15) is 4.39 Å². The van der Waals surface area contributed by atoms with Crippen molar-refractivity contribution in [2.75, 3.05) is 5.73 Å². The van der Waals surface area contributed by atoms with Crippen molar-refractivity contribution in [3.05, 3.63) is 24.0 Å². The van der Waals surface area contributed by atoms with Crippen LogP contribution in [0.2, 0.25) is 0 Å². The van der Waals surface area contributed by atoms with Crippen molar-refractivity contribution < 1.29 is 9.13 Å². The molecule has 17 heavy (non-hydrogen) atoms. The molecule has 1 aliphatic carbocycles. The molecule has 0 aliphatic heterocycles. The number of nitrogens with two attached hydrogens (primary N) is 1. The number of ether oxygens (including phenoxy) is 1. The van der Waals surface area contributed by atoms with Crippen LogP contribution in [0.3, 0.4) is 0 Å². The Hall–Kier alpha value is -1.25. The molecule has 0 spiro atoms. The number of benzene rings is 1. The van der Waals surface area contributed by atoms with E-state index >= 15 is 0 Å². The van der Waals surface area contributed by atoms with Gasteiger partial charge in [-0.1, -0.05) is 19.9 Å². The maximum atomic E-state index is 13.6. The van der Waals surface area contributed by atoms with Crippen molar-refractivity contribution in [2.24, 2.45) is 11.8 Å². The average Bonchev–Trinajstić information content (AvgIpc) is 2.28. The lowest BCUT2D eigenvalue weighted by Gasteiger charge is -2.32. The fourth-order valence-corrected chi connectivity index (χ4v) is 2.42. The summed E-state index contributed by atoms with van der Waals surface area (Å²) in [6, 6.07) is 4.66. The molecular formula is C14H20FNO. The predicted octanol–water partition coefficient (Wildman–Crippen LogP) is 3.61. The zero-order valence-corrected chi connectivity index (χ0v) is 10.4. The fraction of sp³-hybridized carbons (Fsp3) is 0.571. The van der Waals surface area contributed by atoms with Gasteiger partial charge in [-0.2, -0.15) is 0 Å². The van der Waals surface area contributed by atoms with Crippen LogP contribution in [0.15, 0.2) is 18.2 Å². The van der Waals surface area contributed by atoms with E-state index in [2.05, 4.69) is 13.8 Å². The van der Waals surface area contributed by atoms with Crippen molar-refractivity contribution in [1.29, 1.82) is 0 Å². The quantitative estimate of drug-likeness (QED) is 0.797. The van der Waals surface area contributed by atoms with Gasteiger partial charge in [0.15, 0.2) is 11.6 Å². The van der Waals surface area contributed by atoms with Crippen LogP contribution in [0.5, 0.6) is 5.75 Å². The molecule has 1 saturated carbocycles. The molecule has 1 aromatic carbocycles. The van der Waals surface area contributed by atoms with Crippen molar-refractivity contribution in [2.45, 2.75) is 39.2 Å². The van der Waals surface area contributed by atoms with Crippen LogP contribution in [0.1, 0.15) is 33.1 Å². The highest BCUT2D eigenvalue weighted by molar-refractivity contribution is 5.52. The van der Waals surface area contributed by atoms with E-state index in [0.717, 1.165) is 25.2 Å². The minimum absolute atomic E-state index is 0.0976. The van der Waals surface area contributed by atoms with Crippen molar-refractivity contribution in [3.63, 3.8) is 0 Å². The van der Waals surface area contributed by atoms with Gasteiger partial charge in [0.05, 0.1) is 11.8 Å². The number of nitrogen functional groups attached to an aromatic ring is 1. The van der Waals surface area contributed by atoms with Crippen LogP contribution in [0, 0.1) is 17.7 Å². The van der Waals surface area contributed by atoms with E-state index in [4.69, 9.17) is 10.5 Å². The Labute approximate surface area is 102 Å². The van der Waals surface area contributed by atoms with E-state index in [-0.39, 0.29) is 17.7 Å². The molecule has 3 heteroatoms. The molecule has 3 atom stereocenters. The molecule has 0 bridgehead atoms. The lowest BCUT2D eigenvalue weighted by molar-refractivity contribution is 0.0975. The van der Waals surface area contributed by atoms with Gasteiger partial charge in [0.25, 0.3) is 0 Å². The second kappa shape index (κ2) is 4.94. The Bertz CT molecular complexity index is 374. The van der Waals surface area contributed by atoms with Crippen molar-refractivity contribution >= 4 is 5.69 Å². The minimum atomic E-state index is -0.365. The maximum Gasteiger partial charge on any atom is 0.178 e. The van der Waals surface area contributed by atoms with Gasteiger partial charge in [-0.3, -0.25) is 0 Å². The normalized spacial score (nSPS) is 29.0. The third kappa shape index (κ3) is 2.71. The lowest BCUT2D eigenvalue weighted by atomic mass is 9.80. The van der Waals surface area contributed by atoms with Crippen LogP contribution in [-0.4, -0.2) is 6.10 Å². The summed E-state index contributed by atoms with van der Waals surface area (Å²) in [5.74, 6) is 1.21. The highest BCUT2D eigenvalue weighted by atomic mass is 19.1. The molecule has 3 unspecified atom stereocenters. The molecule has 0 aromatic heterocycles. The minimum Gasteiger partial charge on any atom is -0.485 e. The second-order valence-corrected chi connectivity index (χ2v) is 5.17. The molecule has 2 rings (SSSR count). The second-order valence-electron chi connectivity index (χ2n) is 5.17. The van der Waals surface area contributed by atoms with Crippen LogP contribution >= 0.6 is 0 Å². The summed E-state index contributed by atoms with van der Waals surface area (Å²) in [5, 5.41) is 0. The van der Waals surface area contributed by atoms with Gasteiger partial charge in [0.2, 0.25) is 0 Å². The summed E-state index contributed by atoms with van der Waals surface area (Å²) < 4.78 is 19.3. The molecule has 0 saturated heterocycles. The molecule has 1 aliphatic rings. The van der Waals surface area contributed by atoms with Gasteiger partial charge in [-0.25, -0.2) is 4.39 Å². The van der Waals surface area contributed by atoms with Crippen molar-refractivity contribution in [1.82, 2.24) is 0 Å². The largest absolute Gasteiger partial charge is 0.485 e. The number of anilines is 1. The highest BCUT2D eigenvalue weighted by Gasteiger charge is 2.26. The first-order valence-electron chi connectivity index (χ1n) is 6.28. The Morgan fingerprint density at radius 2 is 2.00 bits per heavy atom. The van der Waals surface area contributed by atoms with Gasteiger partial charge in [-0.05, 0) is 43.2 Å². The summed E-state index contributed by atoms with van der Waals surface area (Å²) in [5.41, 5.74) is 6.12. The van der Waals surface area contributed by atoms with Gasteiger partial charge in [0, 0.05) is 0 Å². The number of rotatable bonds is 2. The first-order valence-corrected chi connectivity index (χ1v) is 6.28. The standard InChI is InChI=1S/C14H20FNO/c1-9-6-7-11(8-10(9)2)17-14-12(15)4-3-5-13(14)16/h3-5,9-11H,6-8,16H2,1-2H3. The van der Waals surface area contributed by atoms with Crippen LogP contribution in [0.25, 0.3) is 0 Å². The number of para-hydroxylation sites is 1. The fourth-order valence-electron chi connectivity index (χ4n) is 2.42. The molecule has 2 N–H and O–H groups in total. The average molecular weight is 237 g/mol. The number of hydrogen-bond acceptors (Lipinski definition) is 2. The molecule has 0 amide bonds. The molecule has 0 radical (unpaired) electrons. The van der Waals surface area contributed by atoms with Gasteiger partial charge in [0.1, 0.15) is 0 Å². The van der Waals surface area contributed by atoms with Crippen LogP contribution < -0.4 is 10.5 Å². The predicted molar refractivity (Wildman–Crippen MR) is 67.4 cm³/mol. The zero-order chi connectivity index (χ0) is 12.4. The molecule has 2 nitrogen and oxygen atoms in total. The van der Waals surface area contributed by atoms with Gasteiger partial charge < -0.3 is 10.5 Å². The summed E-state index contributed by atoms with van der Waals surface area (Å²) in [7, 11) is 0. The van der Waals surface area contributed by atoms with E-state index < -0.39 is 0 Å². The third-order valence-electron chi connectivity index (χ3n) is 3.83. The topological polar surface area (TPSA) is 35.2 Å². The Balaban J connectivity index is 2.06. The van der Waals surface area contributed by atoms with E-state index in [1.54, 1.807) is 12.1 Å². The molecule has 1 fully saturated rings. The Kier molecular flexibility index (Phi) is 3.55. The van der Waals surface area contributed by atoms with E-state index in [0.29, 0.717) is 11.6 Å². The summed E-state index contributed by atoms with van der Waals surface area (Å²) in [4.78, 5) is 0. The maximum absolute atomic E-state index is 13.6. The highest BCUT2D eigenvalue weighted by Crippen LogP contribution is 2.34. The summed E-state index contributed by atoms with van der Waals surface area (Å²) in [6.07, 6.45) is 3.20. The summed E-state index contributed by atoms with van der Waals surface area (Å²) in [6.45, 7) is 4.49. The van der Waals surface area contributed by atoms with Gasteiger partial charge in [-0.15, -0.1) is 0 Å². The van der Waals surface area contributed by atoms with Crippen molar-refractivity contribution in [3.8, 4) is 5.75 Å². The third-order valence-corrected chi connectivity index (χ3v) is 3.83. The number of hydrogen-bond donors (Lipinski definition) is 1. The van der Waals surface area contributed by atoms with Crippen LogP contribution in [0.4, 0.5) is 10.1 Å². The lowest BCUT2D eigenvalue weighted by Crippen LogP contribution is -2.29. The van der Waals surface area contributed by atoms with E-state index in [1.165, 1.54) is 6.07 Å². The molecule has 1 aromatic rings. The molecular weight excluding hydrogens is 217 g/mol. The Morgan fingerprint density at radius 3 is 2.65 bits per heavy atom. The molecule has 94 valence electrons. The van der Waals surface area contributed by atoms with Crippen LogP contribution in [-0.2, 0) is 0 Å². The monoisotopic (exact) mass is 237 g/mol. The smallest absolute Gasteiger partial charge is 0.178 e. The summed E-state index contributed by atoms with van der Waals surface area (Å²) >= 11 is 0. The zero-order valence-electron chi connectivity index (χ0n) is 10.4. The number of halogens is 1. The first kappa shape index (κ1) is 12.2. The van der Waals surface area contributed by atoms with E-state index in [1.807, 2.05) is 0 Å².